The SMILES string of the molecule is CCN(CC)CCCNCc1cccc(OCc2ccccc2C)c1. The van der Waals surface area contributed by atoms with Gasteiger partial charge >= 0.3 is 0 Å². The zero-order valence-electron chi connectivity index (χ0n) is 15.9. The number of ether oxygens (including phenoxy) is 1. The molecule has 25 heavy (non-hydrogen) atoms. The van der Waals surface area contributed by atoms with Crippen LogP contribution in [0.1, 0.15) is 37.0 Å². The molecule has 0 fully saturated rings. The minimum Gasteiger partial charge on any atom is -0.489 e. The first-order valence-electron chi connectivity index (χ1n) is 9.42. The molecule has 0 aliphatic carbocycles. The van der Waals surface area contributed by atoms with E-state index in [4.69, 9.17) is 4.74 Å². The van der Waals surface area contributed by atoms with E-state index in [9.17, 15) is 0 Å². The van der Waals surface area contributed by atoms with Crippen molar-refractivity contribution >= 4 is 0 Å². The van der Waals surface area contributed by atoms with Crippen molar-refractivity contribution in [1.29, 1.82) is 0 Å². The molecule has 0 saturated heterocycles. The lowest BCUT2D eigenvalue weighted by Crippen LogP contribution is -2.27. The largest absolute Gasteiger partial charge is 0.489 e. The van der Waals surface area contributed by atoms with E-state index in [1.165, 1.54) is 29.7 Å². The number of rotatable bonds is 11. The molecule has 0 aromatic heterocycles. The van der Waals surface area contributed by atoms with Crippen molar-refractivity contribution in [3.63, 3.8) is 0 Å². The Kier molecular flexibility index (Phi) is 8.50. The van der Waals surface area contributed by atoms with Gasteiger partial charge in [0.05, 0.1) is 0 Å². The van der Waals surface area contributed by atoms with Gasteiger partial charge < -0.3 is 15.0 Å². The number of nitrogens with zero attached hydrogens (tertiary/aromatic N) is 1. The van der Waals surface area contributed by atoms with Gasteiger partial charge in [0.1, 0.15) is 12.4 Å². The van der Waals surface area contributed by atoms with Crippen molar-refractivity contribution < 1.29 is 4.74 Å². The molecule has 0 radical (unpaired) electrons. The third-order valence-corrected chi connectivity index (χ3v) is 4.61. The number of nitrogens with one attached hydrogen (secondary N) is 1. The summed E-state index contributed by atoms with van der Waals surface area (Å²) in [5.41, 5.74) is 3.78. The van der Waals surface area contributed by atoms with Crippen molar-refractivity contribution in [2.24, 2.45) is 0 Å². The molecule has 1 N–H and O–H groups in total. The van der Waals surface area contributed by atoms with Crippen LogP contribution in [0.3, 0.4) is 0 Å². The Morgan fingerprint density at radius 2 is 1.80 bits per heavy atom. The highest BCUT2D eigenvalue weighted by atomic mass is 16.5. The van der Waals surface area contributed by atoms with Crippen LogP contribution in [-0.2, 0) is 13.2 Å². The molecule has 0 spiro atoms. The number of benzene rings is 2. The third kappa shape index (κ3) is 6.89. The second-order valence-electron chi connectivity index (χ2n) is 6.42. The van der Waals surface area contributed by atoms with E-state index >= 15 is 0 Å². The third-order valence-electron chi connectivity index (χ3n) is 4.61. The summed E-state index contributed by atoms with van der Waals surface area (Å²) >= 11 is 0. The molecule has 136 valence electrons. The zero-order valence-corrected chi connectivity index (χ0v) is 15.9. The molecule has 3 nitrogen and oxygen atoms in total. The predicted molar refractivity (Wildman–Crippen MR) is 106 cm³/mol. The maximum absolute atomic E-state index is 5.97. The number of hydrogen-bond acceptors (Lipinski definition) is 3. The summed E-state index contributed by atoms with van der Waals surface area (Å²) in [5, 5.41) is 3.53. The van der Waals surface area contributed by atoms with Crippen molar-refractivity contribution in [3.8, 4) is 5.75 Å². The van der Waals surface area contributed by atoms with E-state index in [1.54, 1.807) is 0 Å². The average molecular weight is 341 g/mol. The van der Waals surface area contributed by atoms with E-state index in [2.05, 4.69) is 73.5 Å². The van der Waals surface area contributed by atoms with Crippen LogP contribution in [0.4, 0.5) is 0 Å². The molecular weight excluding hydrogens is 308 g/mol. The van der Waals surface area contributed by atoms with Crippen LogP contribution in [-0.4, -0.2) is 31.1 Å². The zero-order chi connectivity index (χ0) is 17.9. The molecule has 0 aliphatic heterocycles. The standard InChI is InChI=1S/C22H32N2O/c1-4-24(5-2)15-9-14-23-17-20-11-8-13-22(16-20)25-18-21-12-7-6-10-19(21)3/h6-8,10-13,16,23H,4-5,9,14-15,17-18H2,1-3H3. The summed E-state index contributed by atoms with van der Waals surface area (Å²) in [5.74, 6) is 0.936. The van der Waals surface area contributed by atoms with Crippen LogP contribution < -0.4 is 10.1 Å². The van der Waals surface area contributed by atoms with Gasteiger partial charge in [-0.25, -0.2) is 0 Å². The lowest BCUT2D eigenvalue weighted by Gasteiger charge is -2.17. The van der Waals surface area contributed by atoms with Crippen LogP contribution in [0.5, 0.6) is 5.75 Å². The summed E-state index contributed by atoms with van der Waals surface area (Å²) in [6.45, 7) is 12.6. The summed E-state index contributed by atoms with van der Waals surface area (Å²) in [4.78, 5) is 2.46. The smallest absolute Gasteiger partial charge is 0.120 e. The van der Waals surface area contributed by atoms with Gasteiger partial charge in [-0.1, -0.05) is 50.2 Å². The summed E-state index contributed by atoms with van der Waals surface area (Å²) in [7, 11) is 0. The Morgan fingerprint density at radius 3 is 2.56 bits per heavy atom. The first-order chi connectivity index (χ1) is 12.2. The fourth-order valence-electron chi connectivity index (χ4n) is 2.88. The second kappa shape index (κ2) is 10.9. The van der Waals surface area contributed by atoms with Gasteiger partial charge in [-0.2, -0.15) is 0 Å². The van der Waals surface area contributed by atoms with Gasteiger partial charge in [-0.15, -0.1) is 0 Å². The van der Waals surface area contributed by atoms with Crippen LogP contribution >= 0.6 is 0 Å². The lowest BCUT2D eigenvalue weighted by atomic mass is 10.1. The van der Waals surface area contributed by atoms with Crippen molar-refractivity contribution in [2.75, 3.05) is 26.2 Å². The minimum atomic E-state index is 0.618. The fourth-order valence-corrected chi connectivity index (χ4v) is 2.88. The topological polar surface area (TPSA) is 24.5 Å². The Bertz CT molecular complexity index is 623. The molecule has 2 aromatic rings. The number of aryl methyl sites for hydroxylation is 1. The highest BCUT2D eigenvalue weighted by molar-refractivity contribution is 5.30. The van der Waals surface area contributed by atoms with Gasteiger partial charge in [-0.05, 0) is 68.3 Å². The average Bonchev–Trinajstić information content (AvgIpc) is 2.64. The molecule has 0 saturated carbocycles. The van der Waals surface area contributed by atoms with E-state index in [0.29, 0.717) is 6.61 Å². The van der Waals surface area contributed by atoms with E-state index < -0.39 is 0 Å². The van der Waals surface area contributed by atoms with Gasteiger partial charge in [0.15, 0.2) is 0 Å². The lowest BCUT2D eigenvalue weighted by molar-refractivity contribution is 0.297. The quantitative estimate of drug-likeness (QED) is 0.614. The molecule has 2 rings (SSSR count). The van der Waals surface area contributed by atoms with Crippen molar-refractivity contribution in [2.45, 2.75) is 40.3 Å². The minimum absolute atomic E-state index is 0.618. The van der Waals surface area contributed by atoms with Crippen LogP contribution in [0, 0.1) is 6.92 Å². The predicted octanol–water partition coefficient (Wildman–Crippen LogP) is 4.40. The highest BCUT2D eigenvalue weighted by Gasteiger charge is 2.01. The molecule has 0 amide bonds. The van der Waals surface area contributed by atoms with E-state index in [1.807, 2.05) is 6.07 Å². The van der Waals surface area contributed by atoms with Crippen LogP contribution in [0.15, 0.2) is 48.5 Å². The van der Waals surface area contributed by atoms with Gasteiger partial charge in [0.25, 0.3) is 0 Å². The number of hydrogen-bond donors (Lipinski definition) is 1. The van der Waals surface area contributed by atoms with Gasteiger partial charge in [0.2, 0.25) is 0 Å². The fraction of sp³-hybridized carbons (Fsp3) is 0.455. The molecule has 0 heterocycles. The Morgan fingerprint density at radius 1 is 1.00 bits per heavy atom. The van der Waals surface area contributed by atoms with Crippen molar-refractivity contribution in [1.82, 2.24) is 10.2 Å². The summed E-state index contributed by atoms with van der Waals surface area (Å²) in [6, 6.07) is 16.7. The molecule has 0 unspecified atom stereocenters. The van der Waals surface area contributed by atoms with E-state index in [-0.39, 0.29) is 0 Å². The Labute approximate surface area is 153 Å². The van der Waals surface area contributed by atoms with Crippen LogP contribution in [0.25, 0.3) is 0 Å². The molecule has 0 atom stereocenters. The van der Waals surface area contributed by atoms with E-state index in [0.717, 1.165) is 31.9 Å². The van der Waals surface area contributed by atoms with Crippen LogP contribution in [0.2, 0.25) is 0 Å². The van der Waals surface area contributed by atoms with Crippen molar-refractivity contribution in [3.05, 3.63) is 65.2 Å². The Hall–Kier alpha value is -1.84. The second-order valence-corrected chi connectivity index (χ2v) is 6.42. The highest BCUT2D eigenvalue weighted by Crippen LogP contribution is 2.16. The first kappa shape index (κ1) is 19.5. The monoisotopic (exact) mass is 340 g/mol. The molecule has 2 aromatic carbocycles. The summed E-state index contributed by atoms with van der Waals surface area (Å²) in [6.07, 6.45) is 1.19. The molecule has 3 heteroatoms. The molecule has 0 aliphatic rings. The first-order valence-corrected chi connectivity index (χ1v) is 9.42. The Balaban J connectivity index is 1.74. The molecular formula is C22H32N2O. The normalized spacial score (nSPS) is 11.0. The van der Waals surface area contributed by atoms with Gasteiger partial charge in [0, 0.05) is 6.54 Å². The summed E-state index contributed by atoms with van der Waals surface area (Å²) < 4.78 is 5.97. The maximum Gasteiger partial charge on any atom is 0.120 e. The van der Waals surface area contributed by atoms with Gasteiger partial charge in [-0.3, -0.25) is 0 Å². The molecule has 0 bridgehead atoms. The maximum atomic E-state index is 5.97.